The Bertz CT molecular complexity index is 2750. The number of hydrogen-bond acceptors (Lipinski definition) is 1. The summed E-state index contributed by atoms with van der Waals surface area (Å²) in [5.74, 6) is 0. The first-order valence-electron chi connectivity index (χ1n) is 18.7. The minimum absolute atomic E-state index is 0.215. The van der Waals surface area contributed by atoms with E-state index in [1.165, 1.54) is 66.1 Å². The normalized spacial score (nSPS) is 13.0. The van der Waals surface area contributed by atoms with Crippen LogP contribution in [0.4, 0.5) is 17.1 Å². The smallest absolute Gasteiger partial charge is 0.0540 e. The topological polar surface area (TPSA) is 3.24 Å². The van der Waals surface area contributed by atoms with Crippen LogP contribution in [-0.4, -0.2) is 0 Å². The van der Waals surface area contributed by atoms with E-state index >= 15 is 0 Å². The van der Waals surface area contributed by atoms with Crippen molar-refractivity contribution in [2.24, 2.45) is 0 Å². The number of anilines is 3. The molecule has 1 heteroatoms. The number of nitrogens with zero attached hydrogens (tertiary/aromatic N) is 1. The molecule has 0 N–H and O–H groups in total. The second-order valence-corrected chi connectivity index (χ2v) is 14.7. The molecule has 0 saturated carbocycles. The molecule has 9 rings (SSSR count). The van der Waals surface area contributed by atoms with Crippen molar-refractivity contribution >= 4 is 62.4 Å². The molecule has 1 aliphatic rings. The van der Waals surface area contributed by atoms with Crippen LogP contribution in [0.1, 0.15) is 52.8 Å². The Balaban J connectivity index is 1.17. The predicted molar refractivity (Wildman–Crippen MR) is 234 cm³/mol. The van der Waals surface area contributed by atoms with Gasteiger partial charge in [0.2, 0.25) is 0 Å². The molecule has 0 fully saturated rings. The minimum atomic E-state index is -0.215. The third kappa shape index (κ3) is 5.66. The molecule has 0 bridgehead atoms. The maximum absolute atomic E-state index is 3.99. The Hall–Kier alpha value is -6.70. The van der Waals surface area contributed by atoms with Gasteiger partial charge in [0, 0.05) is 22.2 Å². The molecule has 0 aliphatic heterocycles. The van der Waals surface area contributed by atoms with E-state index < -0.39 is 0 Å². The van der Waals surface area contributed by atoms with Crippen molar-refractivity contribution < 1.29 is 0 Å². The Morgan fingerprint density at radius 3 is 1.74 bits per heavy atom. The summed E-state index contributed by atoms with van der Waals surface area (Å²) in [5.41, 5.74) is 15.5. The molecule has 258 valence electrons. The standard InChI is InChI=1S/C53H41N/c1-5-36-21-26-41(27-22-36)49(46-19-11-15-39-13-7-9-17-44(39)46)33-38-25-31-47-48-32-30-43(35-51(48)53(3,4)50(47)34-38)54(42-28-23-37(6-2)24-29-42)52-20-12-16-40-14-8-10-18-45(40)52/h5-35H,1-2H2,3-4H3/b49-33+. The van der Waals surface area contributed by atoms with E-state index in [-0.39, 0.29) is 5.41 Å². The van der Waals surface area contributed by atoms with Crippen molar-refractivity contribution in [1.82, 2.24) is 0 Å². The van der Waals surface area contributed by atoms with Gasteiger partial charge < -0.3 is 4.90 Å². The van der Waals surface area contributed by atoms with E-state index in [0.717, 1.165) is 28.2 Å². The van der Waals surface area contributed by atoms with Crippen molar-refractivity contribution in [2.75, 3.05) is 4.90 Å². The Morgan fingerprint density at radius 2 is 1.04 bits per heavy atom. The molecular weight excluding hydrogens is 651 g/mol. The summed E-state index contributed by atoms with van der Waals surface area (Å²) in [4.78, 5) is 2.40. The van der Waals surface area contributed by atoms with Crippen LogP contribution in [0.2, 0.25) is 0 Å². The molecule has 1 aliphatic carbocycles. The molecule has 0 spiro atoms. The van der Waals surface area contributed by atoms with Gasteiger partial charge >= 0.3 is 0 Å². The molecule has 54 heavy (non-hydrogen) atoms. The molecule has 0 atom stereocenters. The number of benzene rings is 8. The van der Waals surface area contributed by atoms with Gasteiger partial charge in [0.25, 0.3) is 0 Å². The zero-order valence-electron chi connectivity index (χ0n) is 30.8. The zero-order chi connectivity index (χ0) is 36.8. The Kier molecular flexibility index (Phi) is 8.21. The van der Waals surface area contributed by atoms with Crippen LogP contribution in [-0.2, 0) is 5.41 Å². The highest BCUT2D eigenvalue weighted by Crippen LogP contribution is 2.51. The van der Waals surface area contributed by atoms with Crippen molar-refractivity contribution in [3.05, 3.63) is 222 Å². The van der Waals surface area contributed by atoms with Crippen LogP contribution in [0.15, 0.2) is 183 Å². The quantitative estimate of drug-likeness (QED) is 0.143. The lowest BCUT2D eigenvalue weighted by atomic mass is 9.81. The van der Waals surface area contributed by atoms with E-state index in [2.05, 4.69) is 208 Å². The molecular formula is C53H41N. The van der Waals surface area contributed by atoms with E-state index in [1.54, 1.807) is 0 Å². The summed E-state index contributed by atoms with van der Waals surface area (Å²) in [7, 11) is 0. The van der Waals surface area contributed by atoms with E-state index in [9.17, 15) is 0 Å². The highest BCUT2D eigenvalue weighted by atomic mass is 15.1. The monoisotopic (exact) mass is 691 g/mol. The average Bonchev–Trinajstić information content (AvgIpc) is 3.45. The lowest BCUT2D eigenvalue weighted by Crippen LogP contribution is -2.17. The zero-order valence-corrected chi connectivity index (χ0v) is 30.8. The lowest BCUT2D eigenvalue weighted by Gasteiger charge is -2.29. The van der Waals surface area contributed by atoms with Gasteiger partial charge in [-0.25, -0.2) is 0 Å². The van der Waals surface area contributed by atoms with Gasteiger partial charge in [0.1, 0.15) is 0 Å². The van der Waals surface area contributed by atoms with Gasteiger partial charge in [0.05, 0.1) is 5.69 Å². The fraction of sp³-hybridized carbons (Fsp3) is 0.0566. The Labute approximate surface area is 318 Å². The fourth-order valence-corrected chi connectivity index (χ4v) is 8.30. The van der Waals surface area contributed by atoms with E-state index in [0.29, 0.717) is 0 Å². The van der Waals surface area contributed by atoms with E-state index in [1.807, 2.05) is 12.2 Å². The minimum Gasteiger partial charge on any atom is -0.310 e. The van der Waals surface area contributed by atoms with E-state index in [4.69, 9.17) is 0 Å². The summed E-state index contributed by atoms with van der Waals surface area (Å²) >= 11 is 0. The summed E-state index contributed by atoms with van der Waals surface area (Å²) in [5, 5.41) is 4.92. The summed E-state index contributed by atoms with van der Waals surface area (Å²) in [6, 6.07) is 61.9. The van der Waals surface area contributed by atoms with Crippen molar-refractivity contribution in [2.45, 2.75) is 19.3 Å². The van der Waals surface area contributed by atoms with Gasteiger partial charge in [-0.3, -0.25) is 0 Å². The van der Waals surface area contributed by atoms with Crippen LogP contribution in [0.5, 0.6) is 0 Å². The third-order valence-corrected chi connectivity index (χ3v) is 11.2. The van der Waals surface area contributed by atoms with Crippen LogP contribution in [0, 0.1) is 0 Å². The fourth-order valence-electron chi connectivity index (χ4n) is 8.30. The summed E-state index contributed by atoms with van der Waals surface area (Å²) in [6.07, 6.45) is 6.16. The van der Waals surface area contributed by atoms with Crippen molar-refractivity contribution in [1.29, 1.82) is 0 Å². The van der Waals surface area contributed by atoms with Gasteiger partial charge in [0.15, 0.2) is 0 Å². The molecule has 0 amide bonds. The van der Waals surface area contributed by atoms with Gasteiger partial charge in [-0.2, -0.15) is 0 Å². The molecule has 0 heterocycles. The average molecular weight is 692 g/mol. The summed E-state index contributed by atoms with van der Waals surface area (Å²) < 4.78 is 0. The van der Waals surface area contributed by atoms with Gasteiger partial charge in [-0.05, 0) is 108 Å². The molecule has 8 aromatic carbocycles. The predicted octanol–water partition coefficient (Wildman–Crippen LogP) is 14.6. The lowest BCUT2D eigenvalue weighted by molar-refractivity contribution is 0.660. The first-order valence-corrected chi connectivity index (χ1v) is 18.7. The molecule has 0 saturated heterocycles. The maximum Gasteiger partial charge on any atom is 0.0540 e. The molecule has 8 aromatic rings. The summed E-state index contributed by atoms with van der Waals surface area (Å²) in [6.45, 7) is 12.7. The first-order chi connectivity index (χ1) is 26.4. The maximum atomic E-state index is 3.99. The third-order valence-electron chi connectivity index (χ3n) is 11.2. The molecule has 0 aromatic heterocycles. The highest BCUT2D eigenvalue weighted by molar-refractivity contribution is 6.03. The second-order valence-electron chi connectivity index (χ2n) is 14.7. The Morgan fingerprint density at radius 1 is 0.500 bits per heavy atom. The van der Waals surface area contributed by atoms with Crippen molar-refractivity contribution in [3.63, 3.8) is 0 Å². The van der Waals surface area contributed by atoms with Crippen LogP contribution >= 0.6 is 0 Å². The number of hydrogen-bond donors (Lipinski definition) is 0. The molecule has 0 unspecified atom stereocenters. The van der Waals surface area contributed by atoms with Gasteiger partial charge in [-0.15, -0.1) is 0 Å². The molecule has 1 nitrogen and oxygen atoms in total. The molecule has 0 radical (unpaired) electrons. The first kappa shape index (κ1) is 33.2. The van der Waals surface area contributed by atoms with Crippen LogP contribution in [0.3, 0.4) is 0 Å². The SMILES string of the molecule is C=Cc1ccc(/C(=C\c2ccc3c(c2)C(C)(C)c2cc(N(c4ccc(C=C)cc4)c4cccc5ccccc45)ccc2-3)c2cccc3ccccc23)cc1. The van der Waals surface area contributed by atoms with Crippen LogP contribution < -0.4 is 4.90 Å². The number of fused-ring (bicyclic) bond motifs is 5. The largest absolute Gasteiger partial charge is 0.310 e. The highest BCUT2D eigenvalue weighted by Gasteiger charge is 2.36. The second kappa shape index (κ2) is 13.4. The van der Waals surface area contributed by atoms with Crippen molar-refractivity contribution in [3.8, 4) is 11.1 Å². The van der Waals surface area contributed by atoms with Crippen LogP contribution in [0.25, 0.3) is 56.5 Å². The number of rotatable bonds is 8. The van der Waals surface area contributed by atoms with Gasteiger partial charge in [-0.1, -0.05) is 179 Å².